The van der Waals surface area contributed by atoms with Crippen LogP contribution in [-0.4, -0.2) is 12.1 Å². The molecule has 0 radical (unpaired) electrons. The van der Waals surface area contributed by atoms with E-state index in [2.05, 4.69) is 0 Å². The third-order valence-electron chi connectivity index (χ3n) is 4.84. The molecule has 3 rings (SSSR count). The zero-order valence-electron chi connectivity index (χ0n) is 11.1. The molecular weight excluding hydrogens is 267 g/mol. The van der Waals surface area contributed by atoms with Gasteiger partial charge in [-0.25, -0.2) is 0 Å². The Bertz CT molecular complexity index is 494. The van der Waals surface area contributed by atoms with Gasteiger partial charge in [-0.05, 0) is 25.0 Å². The molecule has 0 aromatic heterocycles. The molecule has 2 aliphatic carbocycles. The largest absolute Gasteiger partial charge is 0.489 e. The number of halogens is 3. The molecule has 2 unspecified atom stereocenters. The second-order valence-electron chi connectivity index (χ2n) is 5.88. The maximum atomic E-state index is 13.0. The number of hydrogen-bond acceptors (Lipinski definition) is 2. The van der Waals surface area contributed by atoms with E-state index in [4.69, 9.17) is 10.5 Å². The molecule has 1 aromatic carbocycles. The number of alkyl halides is 3. The van der Waals surface area contributed by atoms with E-state index in [1.807, 2.05) is 0 Å². The van der Waals surface area contributed by atoms with Gasteiger partial charge in [0.05, 0.1) is 5.56 Å². The fraction of sp³-hybridized carbons (Fsp3) is 0.600. The van der Waals surface area contributed by atoms with Crippen molar-refractivity contribution in [1.82, 2.24) is 0 Å². The summed E-state index contributed by atoms with van der Waals surface area (Å²) in [6.07, 6.45) is 0.198. The number of ether oxygens (including phenoxy) is 1. The van der Waals surface area contributed by atoms with Crippen molar-refractivity contribution in [3.63, 3.8) is 0 Å². The van der Waals surface area contributed by atoms with E-state index < -0.39 is 11.7 Å². The first-order valence-corrected chi connectivity index (χ1v) is 7.02. The third-order valence-corrected chi connectivity index (χ3v) is 4.84. The molecule has 0 heterocycles. The summed E-state index contributed by atoms with van der Waals surface area (Å²) in [4.78, 5) is 0. The van der Waals surface area contributed by atoms with Gasteiger partial charge >= 0.3 is 6.18 Å². The average molecular weight is 285 g/mol. The van der Waals surface area contributed by atoms with Crippen LogP contribution < -0.4 is 10.5 Å². The van der Waals surface area contributed by atoms with Crippen LogP contribution in [0.5, 0.6) is 5.75 Å². The predicted molar refractivity (Wildman–Crippen MR) is 69.4 cm³/mol. The van der Waals surface area contributed by atoms with Crippen LogP contribution in [0.3, 0.4) is 0 Å². The van der Waals surface area contributed by atoms with Crippen LogP contribution in [0.25, 0.3) is 0 Å². The summed E-state index contributed by atoms with van der Waals surface area (Å²) in [6, 6.07) is 5.48. The first-order chi connectivity index (χ1) is 9.43. The number of nitrogens with two attached hydrogens (primary N) is 1. The summed E-state index contributed by atoms with van der Waals surface area (Å²) in [7, 11) is 0. The zero-order chi connectivity index (χ0) is 14.4. The fourth-order valence-electron chi connectivity index (χ4n) is 3.63. The SMILES string of the molecule is NC1CC(Oc2ccccc2C(F)(F)F)C12CCCC2. The minimum atomic E-state index is -4.38. The van der Waals surface area contributed by atoms with E-state index >= 15 is 0 Å². The van der Waals surface area contributed by atoms with Gasteiger partial charge in [0.25, 0.3) is 0 Å². The van der Waals surface area contributed by atoms with Gasteiger partial charge in [-0.15, -0.1) is 0 Å². The minimum absolute atomic E-state index is 0.0630. The Kier molecular flexibility index (Phi) is 3.20. The van der Waals surface area contributed by atoms with Crippen molar-refractivity contribution in [2.24, 2.45) is 11.1 Å². The Morgan fingerprint density at radius 3 is 2.40 bits per heavy atom. The first kappa shape index (κ1) is 13.7. The second-order valence-corrected chi connectivity index (χ2v) is 5.88. The molecule has 1 aromatic rings. The maximum absolute atomic E-state index is 13.0. The molecule has 2 nitrogen and oxygen atoms in total. The van der Waals surface area contributed by atoms with Crippen molar-refractivity contribution in [1.29, 1.82) is 0 Å². The van der Waals surface area contributed by atoms with Crippen LogP contribution in [0.4, 0.5) is 13.2 Å². The molecule has 2 aliphatic rings. The summed E-state index contributed by atoms with van der Waals surface area (Å²) in [6.45, 7) is 0. The van der Waals surface area contributed by atoms with Gasteiger partial charge in [-0.1, -0.05) is 25.0 Å². The molecule has 1 spiro atoms. The minimum Gasteiger partial charge on any atom is -0.489 e. The van der Waals surface area contributed by atoms with Crippen molar-refractivity contribution in [2.45, 2.75) is 50.4 Å². The Labute approximate surface area is 116 Å². The van der Waals surface area contributed by atoms with Gasteiger partial charge in [0.2, 0.25) is 0 Å². The van der Waals surface area contributed by atoms with Gasteiger partial charge in [0.1, 0.15) is 11.9 Å². The Morgan fingerprint density at radius 1 is 1.15 bits per heavy atom. The summed E-state index contributed by atoms with van der Waals surface area (Å²) < 4.78 is 44.6. The molecule has 0 amide bonds. The molecule has 5 heteroatoms. The smallest absolute Gasteiger partial charge is 0.419 e. The first-order valence-electron chi connectivity index (χ1n) is 7.02. The fourth-order valence-corrected chi connectivity index (χ4v) is 3.63. The number of benzene rings is 1. The van der Waals surface area contributed by atoms with Crippen LogP contribution in [0.1, 0.15) is 37.7 Å². The van der Waals surface area contributed by atoms with Crippen LogP contribution >= 0.6 is 0 Å². The summed E-state index contributed by atoms with van der Waals surface area (Å²) in [5, 5.41) is 0. The topological polar surface area (TPSA) is 35.2 Å². The highest BCUT2D eigenvalue weighted by molar-refractivity contribution is 5.36. The Morgan fingerprint density at radius 2 is 1.80 bits per heavy atom. The standard InChI is InChI=1S/C15H18F3NO/c16-15(17,18)10-5-1-2-6-11(10)20-13-9-12(19)14(13)7-3-4-8-14/h1-2,5-6,12-13H,3-4,7-9,19H2. The van der Waals surface area contributed by atoms with Crippen LogP contribution in [-0.2, 0) is 6.18 Å². The number of rotatable bonds is 2. The highest BCUT2D eigenvalue weighted by Gasteiger charge is 2.56. The number of hydrogen-bond donors (Lipinski definition) is 1. The molecule has 20 heavy (non-hydrogen) atoms. The van der Waals surface area contributed by atoms with Crippen molar-refractivity contribution >= 4 is 0 Å². The monoisotopic (exact) mass is 285 g/mol. The highest BCUT2D eigenvalue weighted by Crippen LogP contribution is 2.54. The van der Waals surface area contributed by atoms with Gasteiger partial charge in [-0.2, -0.15) is 13.2 Å². The molecular formula is C15H18F3NO. The zero-order valence-corrected chi connectivity index (χ0v) is 11.1. The van der Waals surface area contributed by atoms with Crippen molar-refractivity contribution in [3.8, 4) is 5.75 Å². The van der Waals surface area contributed by atoms with E-state index in [9.17, 15) is 13.2 Å². The summed E-state index contributed by atoms with van der Waals surface area (Å²) >= 11 is 0. The van der Waals surface area contributed by atoms with Crippen LogP contribution in [0, 0.1) is 5.41 Å². The number of para-hydroxylation sites is 1. The molecule has 2 atom stereocenters. The van der Waals surface area contributed by atoms with E-state index in [0.29, 0.717) is 6.42 Å². The molecule has 2 fully saturated rings. The van der Waals surface area contributed by atoms with E-state index in [1.165, 1.54) is 12.1 Å². The molecule has 0 aliphatic heterocycles. The molecule has 110 valence electrons. The molecule has 2 N–H and O–H groups in total. The summed E-state index contributed by atoms with van der Waals surface area (Å²) in [5.74, 6) is -0.0665. The van der Waals surface area contributed by atoms with Crippen LogP contribution in [0.15, 0.2) is 24.3 Å². The van der Waals surface area contributed by atoms with E-state index in [0.717, 1.165) is 31.7 Å². The van der Waals surface area contributed by atoms with Gasteiger partial charge < -0.3 is 10.5 Å². The molecule has 0 saturated heterocycles. The predicted octanol–water partition coefficient (Wildman–Crippen LogP) is 3.74. The Balaban J connectivity index is 1.83. The van der Waals surface area contributed by atoms with Gasteiger partial charge in [0, 0.05) is 17.9 Å². The van der Waals surface area contributed by atoms with Crippen molar-refractivity contribution in [2.75, 3.05) is 0 Å². The molecule has 2 saturated carbocycles. The third kappa shape index (κ3) is 2.08. The van der Waals surface area contributed by atoms with E-state index in [1.54, 1.807) is 6.07 Å². The van der Waals surface area contributed by atoms with Gasteiger partial charge in [0.15, 0.2) is 0 Å². The second kappa shape index (κ2) is 4.65. The van der Waals surface area contributed by atoms with Crippen molar-refractivity contribution < 1.29 is 17.9 Å². The average Bonchev–Trinajstić information content (AvgIpc) is 2.90. The lowest BCUT2D eigenvalue weighted by atomic mass is 9.61. The Hall–Kier alpha value is -1.23. The quantitative estimate of drug-likeness (QED) is 0.898. The van der Waals surface area contributed by atoms with Crippen LogP contribution in [0.2, 0.25) is 0 Å². The lowest BCUT2D eigenvalue weighted by Crippen LogP contribution is -2.62. The normalized spacial score (nSPS) is 28.4. The molecule has 0 bridgehead atoms. The van der Waals surface area contributed by atoms with Gasteiger partial charge in [-0.3, -0.25) is 0 Å². The van der Waals surface area contributed by atoms with E-state index in [-0.39, 0.29) is 23.3 Å². The maximum Gasteiger partial charge on any atom is 0.419 e. The highest BCUT2D eigenvalue weighted by atomic mass is 19.4. The lowest BCUT2D eigenvalue weighted by Gasteiger charge is -2.52. The van der Waals surface area contributed by atoms with Crippen molar-refractivity contribution in [3.05, 3.63) is 29.8 Å². The summed E-state index contributed by atoms with van der Waals surface area (Å²) in [5.41, 5.74) is 5.29. The lowest BCUT2D eigenvalue weighted by molar-refractivity contribution is -0.141.